The van der Waals surface area contributed by atoms with Gasteiger partial charge in [-0.25, -0.2) is 4.98 Å². The molecule has 1 aliphatic heterocycles. The summed E-state index contributed by atoms with van der Waals surface area (Å²) >= 11 is 1.24. The van der Waals surface area contributed by atoms with Crippen molar-refractivity contribution in [3.05, 3.63) is 45.5 Å². The molecule has 1 aliphatic rings. The number of amides is 2. The molecule has 9 nitrogen and oxygen atoms in total. The van der Waals surface area contributed by atoms with Gasteiger partial charge in [-0.15, -0.1) is 11.3 Å². The summed E-state index contributed by atoms with van der Waals surface area (Å²) in [7, 11) is 0. The number of piperidine rings is 1. The van der Waals surface area contributed by atoms with Crippen molar-refractivity contribution in [2.24, 2.45) is 5.92 Å². The fraction of sp³-hybridized carbons (Fsp3) is 0.389. The van der Waals surface area contributed by atoms with Crippen molar-refractivity contribution in [1.29, 1.82) is 0 Å². The van der Waals surface area contributed by atoms with E-state index in [0.717, 1.165) is 18.2 Å². The zero-order chi connectivity index (χ0) is 22.6. The van der Waals surface area contributed by atoms with Gasteiger partial charge in [-0.2, -0.15) is 13.2 Å². The summed E-state index contributed by atoms with van der Waals surface area (Å²) in [5, 5.41) is 16.1. The Morgan fingerprint density at radius 3 is 2.81 bits per heavy atom. The average molecular weight is 458 g/mol. The first kappa shape index (κ1) is 22.5. The summed E-state index contributed by atoms with van der Waals surface area (Å²) in [4.78, 5) is 41.2. The number of nitrogens with zero attached hydrogens (tertiary/aromatic N) is 3. The van der Waals surface area contributed by atoms with Gasteiger partial charge in [0.15, 0.2) is 11.7 Å². The Morgan fingerprint density at radius 2 is 2.16 bits per heavy atom. The van der Waals surface area contributed by atoms with Gasteiger partial charge in [0.25, 0.3) is 11.6 Å². The third-order valence-corrected chi connectivity index (χ3v) is 5.23. The first-order valence-corrected chi connectivity index (χ1v) is 9.99. The highest BCUT2D eigenvalue weighted by atomic mass is 32.1. The van der Waals surface area contributed by atoms with Crippen molar-refractivity contribution in [2.75, 3.05) is 25.0 Å². The summed E-state index contributed by atoms with van der Waals surface area (Å²) in [5.74, 6) is -1.95. The number of nitro benzene ring substituents is 1. The van der Waals surface area contributed by atoms with Crippen LogP contribution in [0.5, 0.6) is 5.75 Å². The highest BCUT2D eigenvalue weighted by Gasteiger charge is 2.33. The van der Waals surface area contributed by atoms with E-state index in [4.69, 9.17) is 0 Å². The Hall–Kier alpha value is -3.22. The fourth-order valence-electron chi connectivity index (χ4n) is 3.14. The van der Waals surface area contributed by atoms with Crippen LogP contribution in [0, 0.1) is 16.0 Å². The van der Waals surface area contributed by atoms with E-state index in [1.54, 1.807) is 5.38 Å². The van der Waals surface area contributed by atoms with E-state index in [2.05, 4.69) is 15.0 Å². The molecule has 0 radical (unpaired) electrons. The molecular formula is C18H17F3N4O5S. The Labute approximate surface area is 178 Å². The minimum absolute atomic E-state index is 0.0147. The van der Waals surface area contributed by atoms with Crippen LogP contribution < -0.4 is 10.1 Å². The van der Waals surface area contributed by atoms with Crippen molar-refractivity contribution in [2.45, 2.75) is 19.0 Å². The lowest BCUT2D eigenvalue weighted by Crippen LogP contribution is -2.44. The number of rotatable bonds is 6. The molecule has 0 saturated carbocycles. The highest BCUT2D eigenvalue weighted by molar-refractivity contribution is 7.13. The molecule has 1 aromatic carbocycles. The van der Waals surface area contributed by atoms with Gasteiger partial charge in [0.2, 0.25) is 5.91 Å². The predicted octanol–water partition coefficient (Wildman–Crippen LogP) is 3.48. The molecule has 0 spiro atoms. The van der Waals surface area contributed by atoms with Crippen molar-refractivity contribution in [3.8, 4) is 5.75 Å². The van der Waals surface area contributed by atoms with Gasteiger partial charge in [-0.1, -0.05) is 0 Å². The summed E-state index contributed by atoms with van der Waals surface area (Å²) in [5.41, 5.74) is -0.954. The minimum Gasteiger partial charge on any atom is -0.484 e. The summed E-state index contributed by atoms with van der Waals surface area (Å²) in [6, 6.07) is 2.85. The van der Waals surface area contributed by atoms with Gasteiger partial charge in [-0.3, -0.25) is 19.7 Å². The van der Waals surface area contributed by atoms with Crippen molar-refractivity contribution >= 4 is 34.0 Å². The molecule has 1 N–H and O–H groups in total. The van der Waals surface area contributed by atoms with E-state index in [9.17, 15) is 32.9 Å². The smallest absolute Gasteiger partial charge is 0.422 e. The number of halogens is 3. The number of carbonyl (C=O) groups is 2. The van der Waals surface area contributed by atoms with Gasteiger partial charge in [0.05, 0.1) is 10.8 Å². The quantitative estimate of drug-likeness (QED) is 0.524. The number of thiazole rings is 1. The maximum absolute atomic E-state index is 13.0. The van der Waals surface area contributed by atoms with Crippen LogP contribution in [0.1, 0.15) is 23.2 Å². The molecule has 2 amide bonds. The summed E-state index contributed by atoms with van der Waals surface area (Å²) in [6.07, 6.45) is -2.07. The van der Waals surface area contributed by atoms with Crippen LogP contribution in [-0.4, -0.2) is 52.5 Å². The summed E-state index contributed by atoms with van der Waals surface area (Å²) < 4.78 is 41.8. The number of hydrogen-bond donors (Lipinski definition) is 1. The molecule has 2 aromatic rings. The number of anilines is 1. The van der Waals surface area contributed by atoms with Crippen LogP contribution in [0.3, 0.4) is 0 Å². The predicted molar refractivity (Wildman–Crippen MR) is 104 cm³/mol. The van der Waals surface area contributed by atoms with Gasteiger partial charge in [-0.05, 0) is 25.0 Å². The molecule has 1 unspecified atom stereocenters. The number of ether oxygens (including phenoxy) is 1. The van der Waals surface area contributed by atoms with Crippen molar-refractivity contribution < 1.29 is 32.4 Å². The molecule has 2 heterocycles. The second-order valence-corrected chi connectivity index (χ2v) is 7.65. The monoisotopic (exact) mass is 458 g/mol. The second kappa shape index (κ2) is 9.29. The Balaban J connectivity index is 1.76. The number of benzene rings is 1. The molecule has 1 saturated heterocycles. The normalized spacial score (nSPS) is 16.6. The van der Waals surface area contributed by atoms with E-state index in [1.807, 2.05) is 0 Å². The van der Waals surface area contributed by atoms with Crippen molar-refractivity contribution in [1.82, 2.24) is 9.88 Å². The largest absolute Gasteiger partial charge is 0.484 e. The molecule has 1 atom stereocenters. The van der Waals surface area contributed by atoms with Crippen LogP contribution in [-0.2, 0) is 4.79 Å². The highest BCUT2D eigenvalue weighted by Crippen LogP contribution is 2.29. The topological polar surface area (TPSA) is 115 Å². The van der Waals surface area contributed by atoms with E-state index >= 15 is 0 Å². The number of nitrogens with one attached hydrogen (secondary N) is 1. The first-order valence-electron chi connectivity index (χ1n) is 9.11. The Kier molecular flexibility index (Phi) is 6.73. The molecule has 3 rings (SSSR count). The van der Waals surface area contributed by atoms with Crippen LogP contribution in [0.15, 0.2) is 29.8 Å². The third-order valence-electron chi connectivity index (χ3n) is 4.54. The summed E-state index contributed by atoms with van der Waals surface area (Å²) in [6.45, 7) is -1.33. The lowest BCUT2D eigenvalue weighted by molar-refractivity contribution is -0.385. The van der Waals surface area contributed by atoms with Crippen LogP contribution in [0.2, 0.25) is 0 Å². The molecule has 0 bridgehead atoms. The van der Waals surface area contributed by atoms with Gasteiger partial charge in [0, 0.05) is 30.7 Å². The minimum atomic E-state index is -4.60. The van der Waals surface area contributed by atoms with E-state index < -0.39 is 40.8 Å². The molecule has 1 fully saturated rings. The van der Waals surface area contributed by atoms with Crippen molar-refractivity contribution in [3.63, 3.8) is 0 Å². The van der Waals surface area contributed by atoms with E-state index in [0.29, 0.717) is 18.0 Å². The molecule has 1 aromatic heterocycles. The zero-order valence-corrected chi connectivity index (χ0v) is 16.7. The lowest BCUT2D eigenvalue weighted by atomic mass is 9.96. The fourth-order valence-corrected chi connectivity index (χ4v) is 3.67. The zero-order valence-electron chi connectivity index (χ0n) is 15.9. The molecule has 13 heteroatoms. The lowest BCUT2D eigenvalue weighted by Gasteiger charge is -2.31. The van der Waals surface area contributed by atoms with Gasteiger partial charge < -0.3 is 15.0 Å². The Morgan fingerprint density at radius 1 is 1.39 bits per heavy atom. The number of alkyl halides is 3. The van der Waals surface area contributed by atoms with Gasteiger partial charge >= 0.3 is 6.18 Å². The van der Waals surface area contributed by atoms with E-state index in [1.165, 1.54) is 22.4 Å². The standard InChI is InChI=1S/C18H17F3N4O5S/c19-18(20,21)10-30-12-3-4-14(25(28)29)13(8-12)16(27)24-6-1-2-11(9-24)15(26)23-17-22-5-7-31-17/h3-5,7-8,11H,1-2,6,9-10H2,(H,22,23,26). The van der Waals surface area contributed by atoms with E-state index in [-0.39, 0.29) is 24.7 Å². The number of hydrogen-bond acceptors (Lipinski definition) is 7. The number of likely N-dealkylation sites (tertiary alicyclic amines) is 1. The Bertz CT molecular complexity index is 968. The molecular weight excluding hydrogens is 441 g/mol. The molecule has 0 aliphatic carbocycles. The number of nitro groups is 1. The maximum Gasteiger partial charge on any atom is 0.422 e. The third kappa shape index (κ3) is 5.90. The molecule has 31 heavy (non-hydrogen) atoms. The maximum atomic E-state index is 13.0. The van der Waals surface area contributed by atoms with Crippen LogP contribution >= 0.6 is 11.3 Å². The van der Waals surface area contributed by atoms with Gasteiger partial charge in [0.1, 0.15) is 11.3 Å². The number of aromatic nitrogens is 1. The average Bonchev–Trinajstić information content (AvgIpc) is 3.24. The van der Waals surface area contributed by atoms with Crippen LogP contribution in [0.4, 0.5) is 24.0 Å². The first-order chi connectivity index (χ1) is 14.6. The molecule has 166 valence electrons. The number of carbonyl (C=O) groups excluding carboxylic acids is 2. The van der Waals surface area contributed by atoms with Crippen LogP contribution in [0.25, 0.3) is 0 Å². The SMILES string of the molecule is O=C(Nc1nccs1)C1CCCN(C(=O)c2cc(OCC(F)(F)F)ccc2[N+](=O)[O-])C1. The second-order valence-electron chi connectivity index (χ2n) is 6.76.